The molecule has 0 radical (unpaired) electrons. The summed E-state index contributed by atoms with van der Waals surface area (Å²) in [5.74, 6) is -2.31. The zero-order chi connectivity index (χ0) is 26.4. The van der Waals surface area contributed by atoms with Crippen LogP contribution < -0.4 is 4.90 Å². The van der Waals surface area contributed by atoms with Gasteiger partial charge in [-0.25, -0.2) is 13.8 Å². The Hall–Kier alpha value is -2.89. The van der Waals surface area contributed by atoms with E-state index in [1.165, 1.54) is 4.90 Å². The fourth-order valence-corrected chi connectivity index (χ4v) is 6.47. The lowest BCUT2D eigenvalue weighted by Crippen LogP contribution is -2.34. The first kappa shape index (κ1) is 24.4. The second-order valence-corrected chi connectivity index (χ2v) is 17.4. The molecule has 0 saturated heterocycles. The van der Waals surface area contributed by atoms with Gasteiger partial charge in [0.25, 0.3) is 5.91 Å². The van der Waals surface area contributed by atoms with Crippen molar-refractivity contribution in [2.24, 2.45) is 7.05 Å². The molecule has 2 aromatic heterocycles. The number of benzene rings is 2. The first-order valence-electron chi connectivity index (χ1n) is 12.1. The standard InChI is InChI=1S/C26H26BrF2N5O2Si/c1-13-18-24(31-32(13)2)26(35)34-16-6-7-17-23(30-11-33(17)12-36-8-9-37(3,4)5)19(16)14-10-15(27)21(28)22(29)20(14)25(18)34/h6-7,10-11,25H,8-9,12H2,1-5H3. The Kier molecular flexibility index (Phi) is 5.49. The Balaban J connectivity index is 1.54. The highest BCUT2D eigenvalue weighted by Crippen LogP contribution is 2.55. The van der Waals surface area contributed by atoms with E-state index in [-0.39, 0.29) is 21.6 Å². The number of hydrogen-bond donors (Lipinski definition) is 0. The van der Waals surface area contributed by atoms with E-state index in [0.29, 0.717) is 41.2 Å². The third kappa shape index (κ3) is 3.54. The van der Waals surface area contributed by atoms with E-state index >= 15 is 4.39 Å². The van der Waals surface area contributed by atoms with Gasteiger partial charge >= 0.3 is 0 Å². The number of imidazole rings is 1. The van der Waals surface area contributed by atoms with Crippen LogP contribution in [0.25, 0.3) is 22.2 Å². The number of aromatic nitrogens is 4. The molecule has 11 heteroatoms. The second kappa shape index (κ2) is 8.30. The molecule has 1 atom stereocenters. The molecule has 0 saturated carbocycles. The molecule has 0 spiro atoms. The number of rotatable bonds is 5. The Bertz CT molecular complexity index is 1620. The average molecular weight is 587 g/mol. The van der Waals surface area contributed by atoms with Gasteiger partial charge in [0, 0.05) is 44.1 Å². The SMILES string of the molecule is Cc1c2c(nn1C)C(=O)N1c3ccc4c(ncn4COCC[Si](C)(C)C)c3-c3cc(Br)c(F)c(F)c3C21. The van der Waals surface area contributed by atoms with Crippen molar-refractivity contribution in [2.45, 2.75) is 45.4 Å². The van der Waals surface area contributed by atoms with Crippen molar-refractivity contribution >= 4 is 46.6 Å². The topological polar surface area (TPSA) is 65.2 Å². The minimum Gasteiger partial charge on any atom is -0.361 e. The van der Waals surface area contributed by atoms with Gasteiger partial charge in [-0.3, -0.25) is 14.4 Å². The zero-order valence-electron chi connectivity index (χ0n) is 21.2. The van der Waals surface area contributed by atoms with Crippen LogP contribution in [-0.4, -0.2) is 39.9 Å². The monoisotopic (exact) mass is 585 g/mol. The fourth-order valence-electron chi connectivity index (χ4n) is 5.31. The first-order valence-corrected chi connectivity index (χ1v) is 16.6. The number of fused-ring (bicyclic) bond motifs is 10. The summed E-state index contributed by atoms with van der Waals surface area (Å²) in [6, 6.07) is 5.57. The van der Waals surface area contributed by atoms with Gasteiger partial charge in [-0.05, 0) is 52.7 Å². The molecular formula is C26H26BrF2N5O2Si. The van der Waals surface area contributed by atoms with E-state index < -0.39 is 25.8 Å². The van der Waals surface area contributed by atoms with Gasteiger partial charge < -0.3 is 9.30 Å². The lowest BCUT2D eigenvalue weighted by Gasteiger charge is -2.35. The molecule has 4 aromatic rings. The molecule has 4 heterocycles. The van der Waals surface area contributed by atoms with Crippen LogP contribution in [0.15, 0.2) is 29.0 Å². The van der Waals surface area contributed by atoms with E-state index in [1.54, 1.807) is 24.1 Å². The average Bonchev–Trinajstić information content (AvgIpc) is 3.47. The first-order chi connectivity index (χ1) is 17.5. The number of halogens is 3. The highest BCUT2D eigenvalue weighted by Gasteiger charge is 2.49. The van der Waals surface area contributed by atoms with Crippen molar-refractivity contribution in [3.05, 3.63) is 63.1 Å². The number of ether oxygens (including phenoxy) is 1. The van der Waals surface area contributed by atoms with Crippen molar-refractivity contribution in [2.75, 3.05) is 11.5 Å². The van der Waals surface area contributed by atoms with Gasteiger partial charge in [0.15, 0.2) is 17.3 Å². The molecule has 192 valence electrons. The maximum atomic E-state index is 15.7. The lowest BCUT2D eigenvalue weighted by molar-refractivity contribution is 0.0898. The maximum absolute atomic E-state index is 15.7. The summed E-state index contributed by atoms with van der Waals surface area (Å²) < 4.78 is 40.1. The van der Waals surface area contributed by atoms with E-state index in [4.69, 9.17) is 4.74 Å². The second-order valence-electron chi connectivity index (χ2n) is 10.9. The van der Waals surface area contributed by atoms with Crippen LogP contribution >= 0.6 is 15.9 Å². The number of carbonyl (C=O) groups is 1. The molecule has 2 aliphatic heterocycles. The molecule has 0 aliphatic carbocycles. The summed E-state index contributed by atoms with van der Waals surface area (Å²) in [5, 5.41) is 4.40. The summed E-state index contributed by atoms with van der Waals surface area (Å²) in [4.78, 5) is 19.8. The minimum atomic E-state index is -1.22. The molecule has 1 amide bonds. The van der Waals surface area contributed by atoms with Crippen LogP contribution in [0.3, 0.4) is 0 Å². The summed E-state index contributed by atoms with van der Waals surface area (Å²) in [5.41, 5.74) is 4.77. The number of carbonyl (C=O) groups excluding carboxylic acids is 1. The van der Waals surface area contributed by atoms with Crippen molar-refractivity contribution in [1.82, 2.24) is 19.3 Å². The molecular weight excluding hydrogens is 560 g/mol. The van der Waals surface area contributed by atoms with Crippen molar-refractivity contribution in [3.8, 4) is 11.1 Å². The molecule has 1 unspecified atom stereocenters. The van der Waals surface area contributed by atoms with Gasteiger partial charge in [0.05, 0.1) is 33.6 Å². The molecule has 2 aliphatic rings. The van der Waals surface area contributed by atoms with Crippen LogP contribution in [0.2, 0.25) is 25.7 Å². The largest absolute Gasteiger partial charge is 0.361 e. The highest BCUT2D eigenvalue weighted by atomic mass is 79.9. The predicted molar refractivity (Wildman–Crippen MR) is 143 cm³/mol. The summed E-state index contributed by atoms with van der Waals surface area (Å²) in [6.45, 7) is 9.72. The Morgan fingerprint density at radius 3 is 2.65 bits per heavy atom. The molecule has 0 bridgehead atoms. The maximum Gasteiger partial charge on any atom is 0.280 e. The molecule has 7 nitrogen and oxygen atoms in total. The number of aryl methyl sites for hydroxylation is 1. The van der Waals surface area contributed by atoms with Crippen LogP contribution in [-0.2, 0) is 18.5 Å². The van der Waals surface area contributed by atoms with E-state index in [2.05, 4.69) is 45.7 Å². The number of amides is 1. The van der Waals surface area contributed by atoms with E-state index in [1.807, 2.05) is 23.6 Å². The smallest absolute Gasteiger partial charge is 0.280 e. The summed E-state index contributed by atoms with van der Waals surface area (Å²) >= 11 is 3.18. The normalized spacial score (nSPS) is 16.3. The van der Waals surface area contributed by atoms with Gasteiger partial charge in [0.2, 0.25) is 0 Å². The Morgan fingerprint density at radius 2 is 1.92 bits per heavy atom. The van der Waals surface area contributed by atoms with Crippen LogP contribution in [0.5, 0.6) is 0 Å². The van der Waals surface area contributed by atoms with Gasteiger partial charge in [0.1, 0.15) is 6.73 Å². The van der Waals surface area contributed by atoms with Crippen molar-refractivity contribution < 1.29 is 18.3 Å². The third-order valence-corrected chi connectivity index (χ3v) is 9.61. The van der Waals surface area contributed by atoms with Gasteiger partial charge in [-0.1, -0.05) is 19.6 Å². The summed E-state index contributed by atoms with van der Waals surface area (Å²) in [7, 11) is 0.519. The van der Waals surface area contributed by atoms with Crippen LogP contribution in [0.1, 0.15) is 33.4 Å². The fraction of sp³-hybridized carbons (Fsp3) is 0.346. The van der Waals surface area contributed by atoms with Crippen molar-refractivity contribution in [3.63, 3.8) is 0 Å². The molecule has 6 rings (SSSR count). The van der Waals surface area contributed by atoms with Crippen molar-refractivity contribution in [1.29, 1.82) is 0 Å². The van der Waals surface area contributed by atoms with Crippen LogP contribution in [0, 0.1) is 18.6 Å². The number of anilines is 1. The minimum absolute atomic E-state index is 0.0155. The molecule has 0 N–H and O–H groups in total. The van der Waals surface area contributed by atoms with E-state index in [9.17, 15) is 9.18 Å². The van der Waals surface area contributed by atoms with Gasteiger partial charge in [-0.2, -0.15) is 5.10 Å². The third-order valence-electron chi connectivity index (χ3n) is 7.33. The number of nitrogens with zero attached hydrogens (tertiary/aromatic N) is 5. The lowest BCUT2D eigenvalue weighted by atomic mass is 9.85. The highest BCUT2D eigenvalue weighted by molar-refractivity contribution is 9.10. The van der Waals surface area contributed by atoms with Crippen LogP contribution in [0.4, 0.5) is 14.5 Å². The van der Waals surface area contributed by atoms with Gasteiger partial charge in [-0.15, -0.1) is 0 Å². The molecule has 2 aromatic carbocycles. The molecule has 0 fully saturated rings. The predicted octanol–water partition coefficient (Wildman–Crippen LogP) is 6.16. The zero-order valence-corrected chi connectivity index (χ0v) is 23.8. The Labute approximate surface area is 222 Å². The Morgan fingerprint density at radius 1 is 1.16 bits per heavy atom. The molecule has 37 heavy (non-hydrogen) atoms. The summed E-state index contributed by atoms with van der Waals surface area (Å²) in [6.07, 6.45) is 1.69. The number of hydrogen-bond acceptors (Lipinski definition) is 4. The van der Waals surface area contributed by atoms with E-state index in [0.717, 1.165) is 17.3 Å². The quantitative estimate of drug-likeness (QED) is 0.160.